The van der Waals surface area contributed by atoms with Crippen LogP contribution in [0, 0.1) is 0 Å². The summed E-state index contributed by atoms with van der Waals surface area (Å²) >= 11 is 0. The Hall–Kier alpha value is -4.10. The summed E-state index contributed by atoms with van der Waals surface area (Å²) in [5.41, 5.74) is 2.26. The van der Waals surface area contributed by atoms with Gasteiger partial charge in [-0.1, -0.05) is 63.2 Å². The molecule has 1 saturated heterocycles. The minimum atomic E-state index is -0.744. The van der Waals surface area contributed by atoms with Crippen LogP contribution in [-0.4, -0.2) is 59.4 Å². The number of Topliss-reactive ketones (excluding diaryl/α,β-unsaturated/α-hetero) is 1. The van der Waals surface area contributed by atoms with Gasteiger partial charge >= 0.3 is 0 Å². The number of nitrogens with zero attached hydrogens (tertiary/aromatic N) is 2. The lowest BCUT2D eigenvalue weighted by atomic mass is 9.95. The molecular formula is C33H38N2O5. The fourth-order valence-electron chi connectivity index (χ4n) is 4.85. The van der Waals surface area contributed by atoms with Crippen molar-refractivity contribution in [3.63, 3.8) is 0 Å². The molecule has 1 fully saturated rings. The van der Waals surface area contributed by atoms with Crippen molar-refractivity contribution in [1.29, 1.82) is 0 Å². The summed E-state index contributed by atoms with van der Waals surface area (Å²) in [6.07, 6.45) is 0.882. The lowest BCUT2D eigenvalue weighted by Gasteiger charge is -2.28. The number of hydrogen-bond acceptors (Lipinski definition) is 6. The number of benzene rings is 3. The van der Waals surface area contributed by atoms with E-state index in [0.29, 0.717) is 48.9 Å². The second-order valence-corrected chi connectivity index (χ2v) is 9.74. The first kappa shape index (κ1) is 28.9. The highest BCUT2D eigenvalue weighted by atomic mass is 16.5. The first-order valence-electron chi connectivity index (χ1n) is 14.0. The van der Waals surface area contributed by atoms with Crippen LogP contribution in [0.25, 0.3) is 5.76 Å². The predicted octanol–water partition coefficient (Wildman–Crippen LogP) is 5.82. The number of carbonyl (C=O) groups excluding carboxylic acids is 2. The number of ether oxygens (including phenoxy) is 2. The Morgan fingerprint density at radius 1 is 0.875 bits per heavy atom. The van der Waals surface area contributed by atoms with Crippen LogP contribution in [-0.2, 0) is 16.2 Å². The molecule has 0 bridgehead atoms. The van der Waals surface area contributed by atoms with E-state index in [1.807, 2.05) is 61.5 Å². The molecule has 4 rings (SSSR count). The molecule has 1 unspecified atom stereocenters. The molecule has 0 aromatic heterocycles. The molecule has 1 atom stereocenters. The zero-order chi connectivity index (χ0) is 28.5. The molecule has 40 heavy (non-hydrogen) atoms. The molecule has 1 aliphatic rings. The zero-order valence-electron chi connectivity index (χ0n) is 23.5. The number of carbonyl (C=O) groups is 2. The van der Waals surface area contributed by atoms with Gasteiger partial charge in [0.2, 0.25) is 0 Å². The van der Waals surface area contributed by atoms with E-state index in [4.69, 9.17) is 9.47 Å². The van der Waals surface area contributed by atoms with E-state index in [-0.39, 0.29) is 11.3 Å². The largest absolute Gasteiger partial charge is 0.507 e. The van der Waals surface area contributed by atoms with Crippen LogP contribution in [0.2, 0.25) is 0 Å². The van der Waals surface area contributed by atoms with Crippen LogP contribution in [0.3, 0.4) is 0 Å². The Balaban J connectivity index is 1.70. The van der Waals surface area contributed by atoms with Gasteiger partial charge in [-0.05, 0) is 67.0 Å². The van der Waals surface area contributed by atoms with Crippen molar-refractivity contribution in [1.82, 2.24) is 9.80 Å². The van der Waals surface area contributed by atoms with Gasteiger partial charge < -0.3 is 24.4 Å². The molecule has 0 spiro atoms. The molecule has 7 nitrogen and oxygen atoms in total. The standard InChI is InChI=1S/C33H38N2O5/c1-4-21-39-27-17-15-25(16-18-27)31(36)29-30(35(33(38)32(29)37)20-19-34(5-2)6-3)26-13-10-14-28(22-26)40-23-24-11-8-7-9-12-24/h7-18,22,30,36H,4-6,19-21,23H2,1-3H3/b31-29+. The van der Waals surface area contributed by atoms with E-state index in [1.165, 1.54) is 0 Å². The van der Waals surface area contributed by atoms with Gasteiger partial charge in [0, 0.05) is 18.7 Å². The van der Waals surface area contributed by atoms with Crippen LogP contribution >= 0.6 is 0 Å². The molecule has 3 aromatic carbocycles. The summed E-state index contributed by atoms with van der Waals surface area (Å²) in [4.78, 5) is 30.5. The van der Waals surface area contributed by atoms with Gasteiger partial charge in [-0.2, -0.15) is 0 Å². The number of likely N-dealkylation sites (N-methyl/N-ethyl adjacent to an activating group) is 1. The van der Waals surface area contributed by atoms with Crippen LogP contribution in [0.4, 0.5) is 0 Å². The molecule has 1 aliphatic heterocycles. The molecule has 0 aliphatic carbocycles. The molecule has 7 heteroatoms. The minimum Gasteiger partial charge on any atom is -0.507 e. The maximum Gasteiger partial charge on any atom is 0.295 e. The van der Waals surface area contributed by atoms with Crippen molar-refractivity contribution in [2.75, 3.05) is 32.8 Å². The number of rotatable bonds is 13. The molecule has 1 amide bonds. The average Bonchev–Trinajstić information content (AvgIpc) is 3.25. The summed E-state index contributed by atoms with van der Waals surface area (Å²) in [5.74, 6) is -0.210. The number of hydrogen-bond donors (Lipinski definition) is 1. The first-order chi connectivity index (χ1) is 19.5. The van der Waals surface area contributed by atoms with E-state index in [2.05, 4.69) is 18.7 Å². The van der Waals surface area contributed by atoms with Crippen molar-refractivity contribution in [2.24, 2.45) is 0 Å². The Morgan fingerprint density at radius 2 is 1.60 bits per heavy atom. The molecule has 1 N–H and O–H groups in total. The molecule has 0 saturated carbocycles. The lowest BCUT2D eigenvalue weighted by Crippen LogP contribution is -2.38. The van der Waals surface area contributed by atoms with E-state index in [9.17, 15) is 14.7 Å². The average molecular weight is 543 g/mol. The summed E-state index contributed by atoms with van der Waals surface area (Å²) in [6.45, 7) is 9.77. The van der Waals surface area contributed by atoms with Gasteiger partial charge in [-0.3, -0.25) is 9.59 Å². The number of ketones is 1. The highest BCUT2D eigenvalue weighted by Gasteiger charge is 2.46. The van der Waals surface area contributed by atoms with E-state index >= 15 is 0 Å². The van der Waals surface area contributed by atoms with Gasteiger partial charge in [0.25, 0.3) is 11.7 Å². The van der Waals surface area contributed by atoms with Crippen molar-refractivity contribution in [3.8, 4) is 11.5 Å². The smallest absolute Gasteiger partial charge is 0.295 e. The highest BCUT2D eigenvalue weighted by molar-refractivity contribution is 6.46. The normalized spacial score (nSPS) is 16.5. The van der Waals surface area contributed by atoms with Crippen LogP contribution in [0.15, 0.2) is 84.4 Å². The van der Waals surface area contributed by atoms with Crippen LogP contribution in [0.5, 0.6) is 11.5 Å². The van der Waals surface area contributed by atoms with Crippen LogP contribution in [0.1, 0.15) is 49.9 Å². The minimum absolute atomic E-state index is 0.0759. The molecule has 0 radical (unpaired) electrons. The number of aliphatic hydroxyl groups is 1. The monoisotopic (exact) mass is 542 g/mol. The summed E-state index contributed by atoms with van der Waals surface area (Å²) < 4.78 is 11.7. The van der Waals surface area contributed by atoms with Crippen molar-refractivity contribution in [2.45, 2.75) is 39.8 Å². The molecule has 1 heterocycles. The van der Waals surface area contributed by atoms with Gasteiger partial charge in [0.05, 0.1) is 18.2 Å². The van der Waals surface area contributed by atoms with Gasteiger partial charge in [0.1, 0.15) is 23.9 Å². The van der Waals surface area contributed by atoms with Crippen LogP contribution < -0.4 is 9.47 Å². The summed E-state index contributed by atoms with van der Waals surface area (Å²) in [5, 5.41) is 11.4. The second kappa shape index (κ2) is 13.8. The Labute approximate surface area is 236 Å². The second-order valence-electron chi connectivity index (χ2n) is 9.74. The maximum atomic E-state index is 13.4. The quantitative estimate of drug-likeness (QED) is 0.167. The summed E-state index contributed by atoms with van der Waals surface area (Å²) in [7, 11) is 0. The molecule has 3 aromatic rings. The van der Waals surface area contributed by atoms with E-state index in [1.54, 1.807) is 29.2 Å². The van der Waals surface area contributed by atoms with E-state index in [0.717, 1.165) is 25.1 Å². The summed E-state index contributed by atoms with van der Waals surface area (Å²) in [6, 6.07) is 23.5. The Morgan fingerprint density at radius 3 is 2.27 bits per heavy atom. The SMILES string of the molecule is CCCOc1ccc(/C(O)=C2\C(=O)C(=O)N(CCN(CC)CC)C2c2cccc(OCc3ccccc3)c2)cc1. The Bertz CT molecular complexity index is 1320. The van der Waals surface area contributed by atoms with Gasteiger partial charge in [0.15, 0.2) is 0 Å². The lowest BCUT2D eigenvalue weighted by molar-refractivity contribution is -0.140. The maximum absolute atomic E-state index is 13.4. The fraction of sp³-hybridized carbons (Fsp3) is 0.333. The first-order valence-corrected chi connectivity index (χ1v) is 14.0. The van der Waals surface area contributed by atoms with Crippen molar-refractivity contribution < 1.29 is 24.2 Å². The molecular weight excluding hydrogens is 504 g/mol. The predicted molar refractivity (Wildman–Crippen MR) is 156 cm³/mol. The number of amides is 1. The topological polar surface area (TPSA) is 79.3 Å². The highest BCUT2D eigenvalue weighted by Crippen LogP contribution is 2.40. The van der Waals surface area contributed by atoms with E-state index < -0.39 is 17.7 Å². The van der Waals surface area contributed by atoms with Crippen molar-refractivity contribution in [3.05, 3.63) is 101 Å². The number of aliphatic hydroxyl groups excluding tert-OH is 1. The van der Waals surface area contributed by atoms with Gasteiger partial charge in [-0.25, -0.2) is 0 Å². The third kappa shape index (κ3) is 6.72. The fourth-order valence-corrected chi connectivity index (χ4v) is 4.85. The number of likely N-dealkylation sites (tertiary alicyclic amines) is 1. The van der Waals surface area contributed by atoms with Gasteiger partial charge in [-0.15, -0.1) is 0 Å². The Kier molecular flexibility index (Phi) is 9.97. The third-order valence-electron chi connectivity index (χ3n) is 7.11. The third-order valence-corrected chi connectivity index (χ3v) is 7.11. The van der Waals surface area contributed by atoms with Crippen molar-refractivity contribution >= 4 is 17.4 Å². The zero-order valence-corrected chi connectivity index (χ0v) is 23.5. The molecule has 210 valence electrons.